The number of hydrogen-bond acceptors (Lipinski definition) is 16. The van der Waals surface area contributed by atoms with Crippen molar-refractivity contribution in [3.8, 4) is 34.1 Å². The first-order chi connectivity index (χ1) is 26.6. The summed E-state index contributed by atoms with van der Waals surface area (Å²) in [6.07, 6.45) is 0. The maximum absolute atomic E-state index is 12.0. The molecule has 296 valence electrons. The van der Waals surface area contributed by atoms with E-state index in [0.29, 0.717) is 22.8 Å². The molecule has 0 radical (unpaired) electrons. The molecule has 19 nitrogen and oxygen atoms in total. The first-order valence-corrected chi connectivity index (χ1v) is 20.2. The van der Waals surface area contributed by atoms with Crippen molar-refractivity contribution in [2.45, 2.75) is 21.6 Å². The molecule has 0 aromatic heterocycles. The molecule has 6 aromatic carbocycles. The van der Waals surface area contributed by atoms with Crippen molar-refractivity contribution >= 4 is 86.0 Å². The lowest BCUT2D eigenvalue weighted by Crippen LogP contribution is -2.08. The van der Waals surface area contributed by atoms with Crippen molar-refractivity contribution in [3.63, 3.8) is 0 Å². The predicted molar refractivity (Wildman–Crippen MR) is 208 cm³/mol. The van der Waals surface area contributed by atoms with Gasteiger partial charge in [0.1, 0.15) is 48.9 Å². The SMILES string of the molecule is COc1cc(-c2ccc(/N=N/c3ccc4c(S(=O)(=O)O)cc(S(=O)(=O)O)c(N)c4c3O)c(OC)c2)ccc1/N=N/c1ccc2c(S(=O)(=O)O)cc(C)c(N)c2c1O. The maximum atomic E-state index is 12.0. The Morgan fingerprint density at radius 1 is 0.509 bits per heavy atom. The Labute approximate surface area is 323 Å². The molecule has 0 saturated carbocycles. The molecule has 0 aliphatic carbocycles. The van der Waals surface area contributed by atoms with Gasteiger partial charge in [-0.05, 0) is 72.1 Å². The number of phenolic OH excluding ortho intramolecular Hbond substituents is 2. The lowest BCUT2D eigenvalue weighted by atomic mass is 10.0. The highest BCUT2D eigenvalue weighted by atomic mass is 32.2. The number of fused-ring (bicyclic) bond motifs is 2. The van der Waals surface area contributed by atoms with Crippen LogP contribution in [0.3, 0.4) is 0 Å². The summed E-state index contributed by atoms with van der Waals surface area (Å²) in [6.45, 7) is 1.52. The van der Waals surface area contributed by atoms with Crippen molar-refractivity contribution in [1.82, 2.24) is 0 Å². The van der Waals surface area contributed by atoms with Crippen LogP contribution in [-0.4, -0.2) is 63.3 Å². The highest BCUT2D eigenvalue weighted by molar-refractivity contribution is 7.87. The van der Waals surface area contributed by atoms with E-state index in [1.54, 1.807) is 30.3 Å². The predicted octanol–water partition coefficient (Wildman–Crippen LogP) is 7.13. The second-order valence-electron chi connectivity index (χ2n) is 12.2. The van der Waals surface area contributed by atoms with Crippen LogP contribution in [0, 0.1) is 6.92 Å². The number of methoxy groups -OCH3 is 2. The van der Waals surface area contributed by atoms with Gasteiger partial charge in [0.25, 0.3) is 30.4 Å². The molecule has 6 rings (SSSR count). The summed E-state index contributed by atoms with van der Waals surface area (Å²) in [5.74, 6) is -0.784. The zero-order chi connectivity index (χ0) is 41.8. The van der Waals surface area contributed by atoms with Crippen LogP contribution in [-0.2, 0) is 30.4 Å². The first kappa shape index (κ1) is 40.2. The molecule has 0 aliphatic rings. The van der Waals surface area contributed by atoms with Gasteiger partial charge in [-0.1, -0.05) is 24.3 Å². The zero-order valence-corrected chi connectivity index (χ0v) is 32.0. The fourth-order valence-electron chi connectivity index (χ4n) is 5.96. The van der Waals surface area contributed by atoms with Crippen LogP contribution in [0.5, 0.6) is 23.0 Å². The number of benzene rings is 6. The third-order valence-corrected chi connectivity index (χ3v) is 11.4. The lowest BCUT2D eigenvalue weighted by Gasteiger charge is -2.13. The Kier molecular flexibility index (Phi) is 10.3. The Morgan fingerprint density at radius 3 is 1.28 bits per heavy atom. The summed E-state index contributed by atoms with van der Waals surface area (Å²) in [5.41, 5.74) is 13.0. The summed E-state index contributed by atoms with van der Waals surface area (Å²) in [7, 11) is -12.0. The van der Waals surface area contributed by atoms with Gasteiger partial charge in [0, 0.05) is 16.5 Å². The van der Waals surface area contributed by atoms with Gasteiger partial charge in [0.05, 0.1) is 30.7 Å². The monoisotopic (exact) mass is 838 g/mol. The Morgan fingerprint density at radius 2 is 0.877 bits per heavy atom. The summed E-state index contributed by atoms with van der Waals surface area (Å²) in [6, 6.07) is 16.3. The highest BCUT2D eigenvalue weighted by Crippen LogP contribution is 2.46. The van der Waals surface area contributed by atoms with Gasteiger partial charge in [0.15, 0.2) is 11.5 Å². The minimum absolute atomic E-state index is 0.00680. The van der Waals surface area contributed by atoms with Gasteiger partial charge in [0.2, 0.25) is 0 Å². The number of aromatic hydroxyl groups is 2. The van der Waals surface area contributed by atoms with Crippen LogP contribution in [0.4, 0.5) is 34.1 Å². The van der Waals surface area contributed by atoms with Crippen LogP contribution in [0.2, 0.25) is 0 Å². The summed E-state index contributed by atoms with van der Waals surface area (Å²) in [4.78, 5) is -2.44. The molecule has 0 atom stereocenters. The molecule has 0 fully saturated rings. The minimum Gasteiger partial charge on any atom is -0.505 e. The Balaban J connectivity index is 1.33. The van der Waals surface area contributed by atoms with Gasteiger partial charge in [-0.15, -0.1) is 20.5 Å². The van der Waals surface area contributed by atoms with Crippen molar-refractivity contribution in [2.24, 2.45) is 20.5 Å². The van der Waals surface area contributed by atoms with Gasteiger partial charge >= 0.3 is 0 Å². The van der Waals surface area contributed by atoms with Gasteiger partial charge < -0.3 is 31.2 Å². The van der Waals surface area contributed by atoms with Crippen molar-refractivity contribution in [3.05, 3.63) is 78.4 Å². The smallest absolute Gasteiger partial charge is 0.296 e. The largest absolute Gasteiger partial charge is 0.505 e. The molecule has 0 bridgehead atoms. The number of hydrogen-bond donors (Lipinski definition) is 7. The summed E-state index contributed by atoms with van der Waals surface area (Å²) < 4.78 is 112. The van der Waals surface area contributed by atoms with E-state index in [2.05, 4.69) is 20.5 Å². The molecule has 0 aliphatic heterocycles. The molecule has 0 spiro atoms. The normalized spacial score (nSPS) is 12.6. The molecule has 57 heavy (non-hydrogen) atoms. The topological polar surface area (TPSA) is 324 Å². The first-order valence-electron chi connectivity index (χ1n) is 15.9. The summed E-state index contributed by atoms with van der Waals surface area (Å²) in [5, 5.41) is 37.6. The number of nitrogens with zero attached hydrogens (tertiary/aromatic N) is 4. The number of aryl methyl sites for hydroxylation is 1. The molecule has 9 N–H and O–H groups in total. The summed E-state index contributed by atoms with van der Waals surface area (Å²) >= 11 is 0. The van der Waals surface area contributed by atoms with Crippen LogP contribution >= 0.6 is 0 Å². The second-order valence-corrected chi connectivity index (χ2v) is 16.4. The van der Waals surface area contributed by atoms with Gasteiger partial charge in [-0.2, -0.15) is 25.3 Å². The molecular weight excluding hydrogens is 809 g/mol. The number of nitrogens with two attached hydrogens (primary N) is 2. The van der Waals surface area contributed by atoms with Crippen molar-refractivity contribution in [1.29, 1.82) is 0 Å². The molecule has 22 heteroatoms. The van der Waals surface area contributed by atoms with Crippen molar-refractivity contribution < 1.29 is 58.6 Å². The fourth-order valence-corrected chi connectivity index (χ4v) is 8.17. The molecule has 0 heterocycles. The number of nitrogen functional groups attached to an aromatic ring is 2. The lowest BCUT2D eigenvalue weighted by molar-refractivity contribution is 0.415. The van der Waals surface area contributed by atoms with E-state index in [1.807, 2.05) is 0 Å². The third-order valence-electron chi connectivity index (χ3n) is 8.74. The van der Waals surface area contributed by atoms with Gasteiger partial charge in [-0.3, -0.25) is 13.7 Å². The second kappa shape index (κ2) is 14.6. The average molecular weight is 839 g/mol. The van der Waals surface area contributed by atoms with E-state index in [4.69, 9.17) is 20.9 Å². The molecular formula is C35H30N6O13S3. The number of phenols is 2. The van der Waals surface area contributed by atoms with E-state index in [1.165, 1.54) is 45.4 Å². The van der Waals surface area contributed by atoms with E-state index in [0.717, 1.165) is 12.1 Å². The van der Waals surface area contributed by atoms with Crippen LogP contribution in [0.15, 0.2) is 108 Å². The molecule has 0 unspecified atom stereocenters. The van der Waals surface area contributed by atoms with Crippen LogP contribution in [0.25, 0.3) is 32.7 Å². The quantitative estimate of drug-likeness (QED) is 0.0410. The minimum atomic E-state index is -5.10. The fraction of sp³-hybridized carbons (Fsp3) is 0.0857. The molecule has 0 amide bonds. The average Bonchev–Trinajstić information content (AvgIpc) is 3.14. The number of anilines is 2. The van der Waals surface area contributed by atoms with Crippen LogP contribution < -0.4 is 20.9 Å². The van der Waals surface area contributed by atoms with Crippen LogP contribution in [0.1, 0.15) is 5.56 Å². The standard InChI is InChI=1S/C35H30N6O13S3/c1-16-12-27(55(44,45)46)19-6-10-23(34(42)30(19)32(16)36)40-38-21-8-4-17(13-25(21)53-2)18-5-9-22(26(14-18)54-3)39-41-24-11-7-20-28(56(47,48)49)15-29(57(50,51)52)33(37)31(20)35(24)43/h4-15,42-43H,36-37H2,1-3H3,(H,44,45,46)(H,47,48,49)(H,50,51,52)/b40-38+,41-39+. The highest BCUT2D eigenvalue weighted by Gasteiger charge is 2.27. The van der Waals surface area contributed by atoms with E-state index in [9.17, 15) is 49.1 Å². The van der Waals surface area contributed by atoms with Gasteiger partial charge in [-0.25, -0.2) is 0 Å². The molecule has 6 aromatic rings. The van der Waals surface area contributed by atoms with Crippen molar-refractivity contribution in [2.75, 3.05) is 25.7 Å². The number of rotatable bonds is 10. The van der Waals surface area contributed by atoms with E-state index in [-0.39, 0.29) is 56.1 Å². The molecule has 0 saturated heterocycles. The zero-order valence-electron chi connectivity index (χ0n) is 29.6. The number of ether oxygens (including phenoxy) is 2. The Bertz CT molecular complexity index is 3080. The maximum Gasteiger partial charge on any atom is 0.296 e. The van der Waals surface area contributed by atoms with E-state index < -0.39 is 67.6 Å². The number of azo groups is 2. The Hall–Kier alpha value is -6.43. The van der Waals surface area contributed by atoms with E-state index >= 15 is 0 Å². The third kappa shape index (κ3) is 7.59.